The molecule has 6 heteroatoms. The standard InChI is InChI=1S/C15H17ClN4O/c16-12-3-1-2-11(6-12)8-19-5-4-14-15(9-19)21-10-13-7-17-18-20(13)14/h1-3,6-7,14-15H,4-5,8-10H2/t14-,15-/m0/s1. The molecule has 0 unspecified atom stereocenters. The van der Waals surface area contributed by atoms with Crippen LogP contribution < -0.4 is 0 Å². The first-order valence-corrected chi connectivity index (χ1v) is 7.65. The molecular formula is C15H17ClN4O. The Kier molecular flexibility index (Phi) is 3.41. The van der Waals surface area contributed by atoms with Gasteiger partial charge in [0.15, 0.2) is 0 Å². The lowest BCUT2D eigenvalue weighted by Crippen LogP contribution is -2.48. The second kappa shape index (κ2) is 5.40. The fraction of sp³-hybridized carbons (Fsp3) is 0.467. The summed E-state index contributed by atoms with van der Waals surface area (Å²) in [6.07, 6.45) is 3.04. The van der Waals surface area contributed by atoms with Gasteiger partial charge in [-0.25, -0.2) is 4.68 Å². The number of hydrogen-bond acceptors (Lipinski definition) is 4. The lowest BCUT2D eigenvalue weighted by molar-refractivity contribution is -0.0704. The summed E-state index contributed by atoms with van der Waals surface area (Å²) in [7, 11) is 0. The highest BCUT2D eigenvalue weighted by Gasteiger charge is 2.36. The fourth-order valence-corrected chi connectivity index (χ4v) is 3.50. The van der Waals surface area contributed by atoms with Crippen molar-refractivity contribution in [3.8, 4) is 0 Å². The van der Waals surface area contributed by atoms with Gasteiger partial charge in [-0.2, -0.15) is 0 Å². The monoisotopic (exact) mass is 304 g/mol. The molecule has 1 saturated heterocycles. The minimum Gasteiger partial charge on any atom is -0.368 e. The van der Waals surface area contributed by atoms with Gasteiger partial charge in [0, 0.05) is 24.7 Å². The van der Waals surface area contributed by atoms with E-state index in [1.807, 2.05) is 22.9 Å². The molecule has 0 aliphatic carbocycles. The average molecular weight is 305 g/mol. The summed E-state index contributed by atoms with van der Waals surface area (Å²) in [6, 6.07) is 8.39. The first-order valence-electron chi connectivity index (χ1n) is 7.27. The summed E-state index contributed by atoms with van der Waals surface area (Å²) in [6.45, 7) is 3.49. The summed E-state index contributed by atoms with van der Waals surface area (Å²) in [5, 5.41) is 9.00. The predicted molar refractivity (Wildman–Crippen MR) is 79.0 cm³/mol. The van der Waals surface area contributed by atoms with Crippen LogP contribution >= 0.6 is 11.6 Å². The smallest absolute Gasteiger partial charge is 0.0932 e. The van der Waals surface area contributed by atoms with E-state index in [2.05, 4.69) is 21.3 Å². The van der Waals surface area contributed by atoms with Crippen LogP contribution in [0.5, 0.6) is 0 Å². The lowest BCUT2D eigenvalue weighted by Gasteiger charge is -2.41. The van der Waals surface area contributed by atoms with Gasteiger partial charge in [-0.3, -0.25) is 4.90 Å². The number of aromatic nitrogens is 3. The van der Waals surface area contributed by atoms with E-state index in [0.717, 1.165) is 36.8 Å². The largest absolute Gasteiger partial charge is 0.368 e. The Labute approximate surface area is 128 Å². The van der Waals surface area contributed by atoms with E-state index in [1.54, 1.807) is 6.20 Å². The minimum absolute atomic E-state index is 0.201. The van der Waals surface area contributed by atoms with Crippen LogP contribution in [0.25, 0.3) is 0 Å². The molecule has 0 amide bonds. The van der Waals surface area contributed by atoms with E-state index < -0.39 is 0 Å². The van der Waals surface area contributed by atoms with Crippen LogP contribution in [0.3, 0.4) is 0 Å². The van der Waals surface area contributed by atoms with E-state index in [-0.39, 0.29) is 6.10 Å². The number of benzene rings is 1. The normalized spacial score (nSPS) is 25.4. The number of halogens is 1. The predicted octanol–water partition coefficient (Wildman–Crippen LogP) is 2.28. The number of ether oxygens (including phenoxy) is 1. The number of fused-ring (bicyclic) bond motifs is 3. The van der Waals surface area contributed by atoms with Crippen LogP contribution in [0.15, 0.2) is 30.5 Å². The second-order valence-corrected chi connectivity index (χ2v) is 6.18. The van der Waals surface area contributed by atoms with Gasteiger partial charge in [0.05, 0.1) is 30.6 Å². The Balaban J connectivity index is 1.46. The van der Waals surface area contributed by atoms with Gasteiger partial charge >= 0.3 is 0 Å². The Morgan fingerprint density at radius 2 is 2.33 bits per heavy atom. The molecule has 21 heavy (non-hydrogen) atoms. The van der Waals surface area contributed by atoms with Gasteiger partial charge in [-0.05, 0) is 24.1 Å². The van der Waals surface area contributed by atoms with E-state index in [4.69, 9.17) is 16.3 Å². The zero-order valence-electron chi connectivity index (χ0n) is 11.7. The van der Waals surface area contributed by atoms with Crippen LogP contribution in [-0.4, -0.2) is 39.1 Å². The topological polar surface area (TPSA) is 43.2 Å². The van der Waals surface area contributed by atoms with E-state index in [1.165, 1.54) is 5.56 Å². The van der Waals surface area contributed by atoms with Crippen molar-refractivity contribution in [2.45, 2.75) is 31.7 Å². The number of likely N-dealkylation sites (tertiary alicyclic amines) is 1. The Hall–Kier alpha value is -1.43. The molecule has 1 fully saturated rings. The molecule has 0 saturated carbocycles. The molecule has 110 valence electrons. The van der Waals surface area contributed by atoms with Crippen LogP contribution in [0.2, 0.25) is 5.02 Å². The first kappa shape index (κ1) is 13.2. The van der Waals surface area contributed by atoms with Crippen LogP contribution in [0, 0.1) is 0 Å². The van der Waals surface area contributed by atoms with Crippen molar-refractivity contribution in [3.63, 3.8) is 0 Å². The van der Waals surface area contributed by atoms with Crippen molar-refractivity contribution < 1.29 is 4.74 Å². The van der Waals surface area contributed by atoms with E-state index >= 15 is 0 Å². The summed E-state index contributed by atoms with van der Waals surface area (Å²) in [5.41, 5.74) is 2.33. The van der Waals surface area contributed by atoms with Gasteiger partial charge < -0.3 is 4.74 Å². The lowest BCUT2D eigenvalue weighted by atomic mass is 9.99. The molecule has 2 aromatic rings. The molecule has 2 aliphatic heterocycles. The van der Waals surface area contributed by atoms with E-state index in [0.29, 0.717) is 12.6 Å². The minimum atomic E-state index is 0.201. The summed E-state index contributed by atoms with van der Waals surface area (Å²) in [4.78, 5) is 2.43. The van der Waals surface area contributed by atoms with Gasteiger partial charge in [0.2, 0.25) is 0 Å². The highest BCUT2D eigenvalue weighted by Crippen LogP contribution is 2.31. The van der Waals surface area contributed by atoms with Crippen molar-refractivity contribution in [3.05, 3.63) is 46.7 Å². The maximum Gasteiger partial charge on any atom is 0.0932 e. The highest BCUT2D eigenvalue weighted by molar-refractivity contribution is 6.30. The Morgan fingerprint density at radius 3 is 3.24 bits per heavy atom. The average Bonchev–Trinajstić information content (AvgIpc) is 2.96. The SMILES string of the molecule is Clc1cccc(CN2CC[C@H]3[C@H](C2)OCc2cnnn23)c1. The van der Waals surface area contributed by atoms with Crippen LogP contribution in [0.1, 0.15) is 23.7 Å². The molecule has 1 aromatic heterocycles. The number of piperidine rings is 1. The van der Waals surface area contributed by atoms with Crippen molar-refractivity contribution >= 4 is 11.6 Å². The first-order chi connectivity index (χ1) is 10.3. The number of hydrogen-bond donors (Lipinski definition) is 0. The van der Waals surface area contributed by atoms with Crippen molar-refractivity contribution in [1.82, 2.24) is 19.9 Å². The van der Waals surface area contributed by atoms with E-state index in [9.17, 15) is 0 Å². The quantitative estimate of drug-likeness (QED) is 0.854. The van der Waals surface area contributed by atoms with Crippen molar-refractivity contribution in [1.29, 1.82) is 0 Å². The number of rotatable bonds is 2. The molecular weight excluding hydrogens is 288 g/mol. The van der Waals surface area contributed by atoms with Crippen LogP contribution in [0.4, 0.5) is 0 Å². The molecule has 0 N–H and O–H groups in total. The molecule has 3 heterocycles. The molecule has 2 aliphatic rings. The third-order valence-corrected chi connectivity index (χ3v) is 4.55. The third kappa shape index (κ3) is 2.57. The second-order valence-electron chi connectivity index (χ2n) is 5.74. The third-order valence-electron chi connectivity index (χ3n) is 4.31. The zero-order chi connectivity index (χ0) is 14.2. The Bertz CT molecular complexity index is 644. The van der Waals surface area contributed by atoms with Gasteiger partial charge in [0.1, 0.15) is 0 Å². The maximum atomic E-state index is 6.06. The zero-order valence-corrected chi connectivity index (χ0v) is 12.4. The molecule has 2 atom stereocenters. The summed E-state index contributed by atoms with van der Waals surface area (Å²) >= 11 is 6.06. The van der Waals surface area contributed by atoms with Gasteiger partial charge in [-0.1, -0.05) is 28.9 Å². The van der Waals surface area contributed by atoms with Crippen molar-refractivity contribution in [2.75, 3.05) is 13.1 Å². The molecule has 0 radical (unpaired) electrons. The highest BCUT2D eigenvalue weighted by atomic mass is 35.5. The van der Waals surface area contributed by atoms with Crippen LogP contribution in [-0.2, 0) is 17.9 Å². The Morgan fingerprint density at radius 1 is 1.38 bits per heavy atom. The van der Waals surface area contributed by atoms with Crippen molar-refractivity contribution in [2.24, 2.45) is 0 Å². The fourth-order valence-electron chi connectivity index (χ4n) is 3.29. The number of nitrogens with zero attached hydrogens (tertiary/aromatic N) is 4. The molecule has 0 spiro atoms. The summed E-state index contributed by atoms with van der Waals surface area (Å²) < 4.78 is 8.04. The molecule has 4 rings (SSSR count). The van der Waals surface area contributed by atoms with Gasteiger partial charge in [-0.15, -0.1) is 5.10 Å². The maximum absolute atomic E-state index is 6.06. The summed E-state index contributed by atoms with van der Waals surface area (Å²) in [5.74, 6) is 0. The van der Waals surface area contributed by atoms with Gasteiger partial charge in [0.25, 0.3) is 0 Å². The molecule has 5 nitrogen and oxygen atoms in total. The molecule has 1 aromatic carbocycles. The molecule has 0 bridgehead atoms.